The molecule has 6 heteroatoms. The topological polar surface area (TPSA) is 72.7 Å². The van der Waals surface area contributed by atoms with E-state index >= 15 is 0 Å². The molecule has 0 saturated heterocycles. The lowest BCUT2D eigenvalue weighted by Gasteiger charge is -2.22. The Labute approximate surface area is 116 Å². The monoisotopic (exact) mass is 293 g/mol. The summed E-state index contributed by atoms with van der Waals surface area (Å²) >= 11 is 11.8. The van der Waals surface area contributed by atoms with Gasteiger partial charge in [-0.15, -0.1) is 0 Å². The summed E-state index contributed by atoms with van der Waals surface area (Å²) in [4.78, 5) is 0. The van der Waals surface area contributed by atoms with Gasteiger partial charge in [-0.25, -0.2) is 0 Å². The number of hydrogen-bond acceptors (Lipinski definition) is 4. The van der Waals surface area contributed by atoms with Crippen molar-refractivity contribution >= 4 is 23.2 Å². The number of rotatable bonds is 6. The van der Waals surface area contributed by atoms with E-state index in [4.69, 9.17) is 28.3 Å². The van der Waals surface area contributed by atoms with Gasteiger partial charge in [0.25, 0.3) is 0 Å². The molecule has 0 amide bonds. The van der Waals surface area contributed by atoms with Crippen molar-refractivity contribution in [3.8, 4) is 0 Å². The number of aliphatic hydroxyl groups excluding tert-OH is 2. The van der Waals surface area contributed by atoms with Crippen LogP contribution in [-0.2, 0) is 0 Å². The minimum Gasteiger partial charge on any atom is -0.393 e. The van der Waals surface area contributed by atoms with Gasteiger partial charge in [0.2, 0.25) is 0 Å². The van der Waals surface area contributed by atoms with Gasteiger partial charge in [-0.3, -0.25) is 0 Å². The molecule has 1 aromatic carbocycles. The molecule has 0 aliphatic heterocycles. The number of aliphatic hydroxyl groups is 3. The van der Waals surface area contributed by atoms with E-state index in [2.05, 4.69) is 5.32 Å². The highest BCUT2D eigenvalue weighted by Gasteiger charge is 2.19. The van der Waals surface area contributed by atoms with Crippen LogP contribution in [0.4, 0.5) is 0 Å². The first-order valence-electron chi connectivity index (χ1n) is 5.53. The third-order valence-corrected chi connectivity index (χ3v) is 3.08. The first-order valence-corrected chi connectivity index (χ1v) is 6.28. The first-order chi connectivity index (χ1) is 8.35. The molecule has 0 heterocycles. The van der Waals surface area contributed by atoms with Crippen LogP contribution in [0.2, 0.25) is 10.0 Å². The Hall–Kier alpha value is -0.360. The Morgan fingerprint density at radius 2 is 2.06 bits per heavy atom. The number of nitrogens with one attached hydrogen (secondary N) is 1. The smallest absolute Gasteiger partial charge is 0.0972 e. The van der Waals surface area contributed by atoms with Gasteiger partial charge in [-0.05, 0) is 25.1 Å². The van der Waals surface area contributed by atoms with Gasteiger partial charge in [-0.1, -0.05) is 23.2 Å². The van der Waals surface area contributed by atoms with Gasteiger partial charge >= 0.3 is 0 Å². The van der Waals surface area contributed by atoms with Gasteiger partial charge < -0.3 is 20.6 Å². The van der Waals surface area contributed by atoms with Crippen LogP contribution in [0.15, 0.2) is 18.2 Å². The molecular weight excluding hydrogens is 277 g/mol. The van der Waals surface area contributed by atoms with Gasteiger partial charge in [-0.2, -0.15) is 0 Å². The van der Waals surface area contributed by atoms with E-state index in [1.54, 1.807) is 18.2 Å². The van der Waals surface area contributed by atoms with Crippen molar-refractivity contribution in [3.63, 3.8) is 0 Å². The van der Waals surface area contributed by atoms with Crippen LogP contribution >= 0.6 is 23.2 Å². The Morgan fingerprint density at radius 3 is 2.67 bits per heavy atom. The van der Waals surface area contributed by atoms with Crippen molar-refractivity contribution in [3.05, 3.63) is 33.8 Å². The zero-order valence-corrected chi connectivity index (χ0v) is 11.5. The Balaban J connectivity index is 2.55. The van der Waals surface area contributed by atoms with Crippen molar-refractivity contribution in [1.82, 2.24) is 5.32 Å². The van der Waals surface area contributed by atoms with Gasteiger partial charge in [0.05, 0.1) is 18.3 Å². The second-order valence-corrected chi connectivity index (χ2v) is 5.31. The number of hydrogen-bond donors (Lipinski definition) is 4. The Bertz CT molecular complexity index is 399. The maximum Gasteiger partial charge on any atom is 0.0972 e. The zero-order chi connectivity index (χ0) is 13.8. The molecule has 2 unspecified atom stereocenters. The van der Waals surface area contributed by atoms with Crippen LogP contribution in [0, 0.1) is 0 Å². The average molecular weight is 294 g/mol. The highest BCUT2D eigenvalue weighted by molar-refractivity contribution is 6.33. The van der Waals surface area contributed by atoms with Crippen molar-refractivity contribution in [2.45, 2.75) is 18.6 Å². The lowest BCUT2D eigenvalue weighted by molar-refractivity contribution is 0.000731. The molecule has 0 aliphatic rings. The quantitative estimate of drug-likeness (QED) is 0.639. The summed E-state index contributed by atoms with van der Waals surface area (Å²) in [5, 5.41) is 32.2. The molecule has 2 atom stereocenters. The SMILES string of the molecule is CC(O)(CO)CNCC(O)c1cc(Cl)ccc1Cl. The van der Waals surface area contributed by atoms with E-state index in [9.17, 15) is 10.2 Å². The summed E-state index contributed by atoms with van der Waals surface area (Å²) in [5.74, 6) is 0. The van der Waals surface area contributed by atoms with Crippen LogP contribution in [0.25, 0.3) is 0 Å². The molecule has 0 radical (unpaired) electrons. The molecule has 0 aliphatic carbocycles. The van der Waals surface area contributed by atoms with Crippen LogP contribution < -0.4 is 5.32 Å². The molecule has 0 fully saturated rings. The van der Waals surface area contributed by atoms with Crippen LogP contribution in [0.5, 0.6) is 0 Å². The van der Waals surface area contributed by atoms with E-state index in [1.165, 1.54) is 6.92 Å². The number of halogens is 2. The van der Waals surface area contributed by atoms with E-state index in [1.807, 2.05) is 0 Å². The highest BCUT2D eigenvalue weighted by Crippen LogP contribution is 2.25. The third kappa shape index (κ3) is 4.72. The van der Waals surface area contributed by atoms with Crippen LogP contribution in [0.3, 0.4) is 0 Å². The second kappa shape index (κ2) is 6.70. The summed E-state index contributed by atoms with van der Waals surface area (Å²) in [6.45, 7) is 1.52. The normalized spacial score (nSPS) is 16.3. The Kier molecular flexibility index (Phi) is 5.85. The average Bonchev–Trinajstić information content (AvgIpc) is 2.32. The Morgan fingerprint density at radius 1 is 1.39 bits per heavy atom. The lowest BCUT2D eigenvalue weighted by atomic mass is 10.1. The summed E-state index contributed by atoms with van der Waals surface area (Å²) in [7, 11) is 0. The molecular formula is C12H17Cl2NO3. The zero-order valence-electron chi connectivity index (χ0n) is 10.0. The van der Waals surface area contributed by atoms with Crippen LogP contribution in [0.1, 0.15) is 18.6 Å². The van der Waals surface area contributed by atoms with Crippen molar-refractivity contribution < 1.29 is 15.3 Å². The molecule has 4 N–H and O–H groups in total. The minimum absolute atomic E-state index is 0.165. The van der Waals surface area contributed by atoms with E-state index in [0.717, 1.165) is 0 Å². The van der Waals surface area contributed by atoms with Crippen molar-refractivity contribution in [2.24, 2.45) is 0 Å². The predicted octanol–water partition coefficient (Wildman–Crippen LogP) is 1.36. The lowest BCUT2D eigenvalue weighted by Crippen LogP contribution is -2.42. The molecule has 1 rings (SSSR count). The maximum absolute atomic E-state index is 9.95. The van der Waals surface area contributed by atoms with Gasteiger partial charge in [0, 0.05) is 28.7 Å². The third-order valence-electron chi connectivity index (χ3n) is 2.50. The second-order valence-electron chi connectivity index (χ2n) is 4.47. The van der Waals surface area contributed by atoms with E-state index < -0.39 is 11.7 Å². The predicted molar refractivity (Wildman–Crippen MR) is 72.0 cm³/mol. The van der Waals surface area contributed by atoms with Gasteiger partial charge in [0.1, 0.15) is 0 Å². The molecule has 1 aromatic rings. The molecule has 4 nitrogen and oxygen atoms in total. The summed E-state index contributed by atoms with van der Waals surface area (Å²) in [5.41, 5.74) is -0.682. The van der Waals surface area contributed by atoms with Crippen LogP contribution in [-0.4, -0.2) is 40.6 Å². The summed E-state index contributed by atoms with van der Waals surface area (Å²) < 4.78 is 0. The van der Waals surface area contributed by atoms with E-state index in [0.29, 0.717) is 15.6 Å². The fraction of sp³-hybridized carbons (Fsp3) is 0.500. The molecule has 102 valence electrons. The maximum atomic E-state index is 9.95. The highest BCUT2D eigenvalue weighted by atomic mass is 35.5. The first kappa shape index (κ1) is 15.7. The summed E-state index contributed by atoms with van der Waals surface area (Å²) in [6.07, 6.45) is -0.828. The van der Waals surface area contributed by atoms with Crippen molar-refractivity contribution in [2.75, 3.05) is 19.7 Å². The van der Waals surface area contributed by atoms with Gasteiger partial charge in [0.15, 0.2) is 0 Å². The fourth-order valence-corrected chi connectivity index (χ4v) is 1.84. The molecule has 0 bridgehead atoms. The molecule has 0 saturated carbocycles. The summed E-state index contributed by atoms with van der Waals surface area (Å²) in [6, 6.07) is 4.86. The largest absolute Gasteiger partial charge is 0.393 e. The standard InChI is InChI=1S/C12H17Cl2NO3/c1-12(18,7-16)6-15-5-11(17)9-4-8(13)2-3-10(9)14/h2-4,11,15-18H,5-7H2,1H3. The van der Waals surface area contributed by atoms with E-state index in [-0.39, 0.29) is 19.7 Å². The van der Waals surface area contributed by atoms with Crippen molar-refractivity contribution in [1.29, 1.82) is 0 Å². The molecule has 0 spiro atoms. The fourth-order valence-electron chi connectivity index (χ4n) is 1.41. The molecule has 0 aromatic heterocycles. The number of benzene rings is 1. The molecule has 18 heavy (non-hydrogen) atoms. The minimum atomic E-state index is -1.21.